The largest absolute Gasteiger partial charge is 0.459 e. The van der Waals surface area contributed by atoms with Crippen LogP contribution in [0.15, 0.2) is 41.1 Å². The van der Waals surface area contributed by atoms with Crippen molar-refractivity contribution in [3.63, 3.8) is 0 Å². The highest BCUT2D eigenvalue weighted by atomic mass is 16.3. The highest BCUT2D eigenvalue weighted by Gasteiger charge is 2.35. The number of hydrogen-bond acceptors (Lipinski definition) is 4. The molecule has 3 aromatic rings. The molecule has 6 heteroatoms. The average molecular weight is 352 g/mol. The molecule has 26 heavy (non-hydrogen) atoms. The summed E-state index contributed by atoms with van der Waals surface area (Å²) in [5.41, 5.74) is 3.05. The van der Waals surface area contributed by atoms with Crippen molar-refractivity contribution in [1.29, 1.82) is 0 Å². The molecule has 0 aliphatic carbocycles. The monoisotopic (exact) mass is 352 g/mol. The second-order valence-electron chi connectivity index (χ2n) is 7.14. The van der Waals surface area contributed by atoms with Gasteiger partial charge >= 0.3 is 0 Å². The number of furan rings is 1. The number of para-hydroxylation sites is 1. The van der Waals surface area contributed by atoms with Gasteiger partial charge in [0.25, 0.3) is 0 Å². The summed E-state index contributed by atoms with van der Waals surface area (Å²) >= 11 is 0. The van der Waals surface area contributed by atoms with Gasteiger partial charge in [0.15, 0.2) is 0 Å². The maximum absolute atomic E-state index is 12.9. The molecule has 2 N–H and O–H groups in total. The first kappa shape index (κ1) is 16.8. The molecule has 1 fully saturated rings. The van der Waals surface area contributed by atoms with Crippen molar-refractivity contribution in [2.75, 3.05) is 13.1 Å². The van der Waals surface area contributed by atoms with Gasteiger partial charge in [0.05, 0.1) is 18.2 Å². The number of amides is 1. The van der Waals surface area contributed by atoms with Crippen LogP contribution in [0.2, 0.25) is 0 Å². The summed E-state index contributed by atoms with van der Waals surface area (Å²) in [6.07, 6.45) is 3.84. The lowest BCUT2D eigenvalue weighted by molar-refractivity contribution is -0.125. The van der Waals surface area contributed by atoms with Crippen molar-refractivity contribution in [1.82, 2.24) is 20.4 Å². The van der Waals surface area contributed by atoms with E-state index in [1.165, 1.54) is 0 Å². The molecule has 0 spiro atoms. The molecule has 6 nitrogen and oxygen atoms in total. The molecule has 4 rings (SSSR count). The number of nitrogens with one attached hydrogen (secondary N) is 2. The average Bonchev–Trinajstić information content (AvgIpc) is 3.33. The predicted octanol–water partition coefficient (Wildman–Crippen LogP) is 2.66. The van der Waals surface area contributed by atoms with Crippen molar-refractivity contribution in [2.24, 2.45) is 13.0 Å². The fraction of sp³-hybridized carbons (Fsp3) is 0.400. The van der Waals surface area contributed by atoms with E-state index in [2.05, 4.69) is 15.7 Å². The van der Waals surface area contributed by atoms with Gasteiger partial charge in [-0.3, -0.25) is 9.48 Å². The van der Waals surface area contributed by atoms with Gasteiger partial charge in [-0.1, -0.05) is 18.2 Å². The summed E-state index contributed by atoms with van der Waals surface area (Å²) in [6.45, 7) is 5.49. The van der Waals surface area contributed by atoms with Gasteiger partial charge in [0.2, 0.25) is 5.91 Å². The normalized spacial score (nSPS) is 21.2. The third-order valence-electron chi connectivity index (χ3n) is 5.34. The van der Waals surface area contributed by atoms with Gasteiger partial charge < -0.3 is 15.1 Å². The van der Waals surface area contributed by atoms with Crippen LogP contribution in [0.25, 0.3) is 11.0 Å². The zero-order valence-corrected chi connectivity index (χ0v) is 15.3. The standard InChI is InChI=1S/C20H24N4O2/c1-12-15-6-4-5-7-18(15)26-19(12)13(2)23-20(25)17-10-21-9-16(17)14-8-22-24(3)11-14/h4-8,11,13,16-17,21H,9-10H2,1-3H3,(H,23,25)/t13?,16-,17+/m1/s1. The van der Waals surface area contributed by atoms with Crippen LogP contribution in [0.3, 0.4) is 0 Å². The maximum Gasteiger partial charge on any atom is 0.225 e. The van der Waals surface area contributed by atoms with Gasteiger partial charge in [-0.2, -0.15) is 5.10 Å². The molecule has 0 bridgehead atoms. The maximum atomic E-state index is 12.9. The molecule has 2 aromatic heterocycles. The smallest absolute Gasteiger partial charge is 0.225 e. The van der Waals surface area contributed by atoms with Crippen LogP contribution in [0, 0.1) is 12.8 Å². The minimum atomic E-state index is -0.176. The first-order chi connectivity index (χ1) is 12.5. The second-order valence-corrected chi connectivity index (χ2v) is 7.14. The summed E-state index contributed by atoms with van der Waals surface area (Å²) in [5.74, 6) is 0.915. The third-order valence-corrected chi connectivity index (χ3v) is 5.34. The van der Waals surface area contributed by atoms with Gasteiger partial charge in [-0.15, -0.1) is 0 Å². The van der Waals surface area contributed by atoms with E-state index in [-0.39, 0.29) is 23.8 Å². The summed E-state index contributed by atoms with van der Waals surface area (Å²) < 4.78 is 7.78. The summed E-state index contributed by atoms with van der Waals surface area (Å²) in [6, 6.07) is 7.79. The fourth-order valence-corrected chi connectivity index (χ4v) is 3.93. The fourth-order valence-electron chi connectivity index (χ4n) is 3.93. The Morgan fingerprint density at radius 1 is 1.38 bits per heavy atom. The number of benzene rings is 1. The lowest BCUT2D eigenvalue weighted by Gasteiger charge is -2.20. The zero-order chi connectivity index (χ0) is 18.3. The molecule has 1 unspecified atom stereocenters. The summed E-state index contributed by atoms with van der Waals surface area (Å²) in [5, 5.41) is 11.8. The molecule has 0 saturated carbocycles. The highest BCUT2D eigenvalue weighted by Crippen LogP contribution is 2.31. The second kappa shape index (κ2) is 6.61. The Balaban J connectivity index is 1.52. The third kappa shape index (κ3) is 2.90. The quantitative estimate of drug-likeness (QED) is 0.757. The minimum Gasteiger partial charge on any atom is -0.459 e. The van der Waals surface area contributed by atoms with Crippen LogP contribution in [0.4, 0.5) is 0 Å². The summed E-state index contributed by atoms with van der Waals surface area (Å²) in [7, 11) is 1.90. The molecular formula is C20H24N4O2. The Morgan fingerprint density at radius 2 is 2.19 bits per heavy atom. The molecule has 1 saturated heterocycles. The van der Waals surface area contributed by atoms with E-state index in [4.69, 9.17) is 4.42 Å². The predicted molar refractivity (Wildman–Crippen MR) is 99.8 cm³/mol. The zero-order valence-electron chi connectivity index (χ0n) is 15.3. The number of rotatable bonds is 4. The van der Waals surface area contributed by atoms with Crippen molar-refractivity contribution < 1.29 is 9.21 Å². The van der Waals surface area contributed by atoms with Gasteiger partial charge in [-0.25, -0.2) is 0 Å². The lowest BCUT2D eigenvalue weighted by Crippen LogP contribution is -2.36. The highest BCUT2D eigenvalue weighted by molar-refractivity contribution is 5.83. The molecule has 0 radical (unpaired) electrons. The Kier molecular flexibility index (Phi) is 4.28. The number of nitrogens with zero attached hydrogens (tertiary/aromatic N) is 2. The molecule has 1 aromatic carbocycles. The van der Waals surface area contributed by atoms with Gasteiger partial charge in [0.1, 0.15) is 11.3 Å². The van der Waals surface area contributed by atoms with Crippen LogP contribution in [-0.2, 0) is 11.8 Å². The number of aromatic nitrogens is 2. The molecule has 3 heterocycles. The van der Waals surface area contributed by atoms with Crippen molar-refractivity contribution in [3.8, 4) is 0 Å². The SMILES string of the molecule is Cc1c(C(C)NC(=O)[C@H]2CNC[C@@H]2c2cnn(C)c2)oc2ccccc12. The number of carbonyl (C=O) groups excluding carboxylic acids is 1. The Labute approximate surface area is 152 Å². The molecular weight excluding hydrogens is 328 g/mol. The van der Waals surface area contributed by atoms with Crippen molar-refractivity contribution in [2.45, 2.75) is 25.8 Å². The Bertz CT molecular complexity index is 942. The van der Waals surface area contributed by atoms with Crippen LogP contribution in [0.5, 0.6) is 0 Å². The molecule has 1 aliphatic heterocycles. The van der Waals surface area contributed by atoms with E-state index in [9.17, 15) is 4.79 Å². The van der Waals surface area contributed by atoms with Crippen molar-refractivity contribution >= 4 is 16.9 Å². The van der Waals surface area contributed by atoms with Gasteiger partial charge in [0, 0.05) is 43.2 Å². The minimum absolute atomic E-state index is 0.0520. The molecule has 3 atom stereocenters. The van der Waals surface area contributed by atoms with E-state index in [1.54, 1.807) is 4.68 Å². The molecule has 1 aliphatic rings. The lowest BCUT2D eigenvalue weighted by atomic mass is 9.90. The van der Waals surface area contributed by atoms with Crippen LogP contribution >= 0.6 is 0 Å². The molecule has 1 amide bonds. The summed E-state index contributed by atoms with van der Waals surface area (Å²) in [4.78, 5) is 12.9. The van der Waals surface area contributed by atoms with Crippen molar-refractivity contribution in [3.05, 3.63) is 53.5 Å². The topological polar surface area (TPSA) is 72.1 Å². The number of carbonyl (C=O) groups is 1. The number of hydrogen-bond donors (Lipinski definition) is 2. The molecule has 136 valence electrons. The van der Waals surface area contributed by atoms with Crippen LogP contribution in [0.1, 0.15) is 35.8 Å². The Hall–Kier alpha value is -2.60. The van der Waals surface area contributed by atoms with Gasteiger partial charge in [-0.05, 0) is 25.5 Å². The van der Waals surface area contributed by atoms with E-state index < -0.39 is 0 Å². The van der Waals surface area contributed by atoms with E-state index in [1.807, 2.05) is 57.6 Å². The first-order valence-corrected chi connectivity index (χ1v) is 9.02. The first-order valence-electron chi connectivity index (χ1n) is 9.02. The van der Waals surface area contributed by atoms with Crippen LogP contribution < -0.4 is 10.6 Å². The van der Waals surface area contributed by atoms with E-state index >= 15 is 0 Å². The Morgan fingerprint density at radius 3 is 2.92 bits per heavy atom. The number of aryl methyl sites for hydroxylation is 2. The number of fused-ring (bicyclic) bond motifs is 1. The van der Waals surface area contributed by atoms with E-state index in [0.29, 0.717) is 6.54 Å². The van der Waals surface area contributed by atoms with Crippen LogP contribution in [-0.4, -0.2) is 28.8 Å². The van der Waals surface area contributed by atoms with E-state index in [0.717, 1.165) is 34.4 Å².